The van der Waals surface area contributed by atoms with E-state index in [9.17, 15) is 4.79 Å². The van der Waals surface area contributed by atoms with Crippen molar-refractivity contribution in [3.63, 3.8) is 0 Å². The second-order valence-electron chi connectivity index (χ2n) is 2.89. The summed E-state index contributed by atoms with van der Waals surface area (Å²) in [5.41, 5.74) is 0.944. The highest BCUT2D eigenvalue weighted by Crippen LogP contribution is 2.11. The molecular weight excluding hydrogens is 212 g/mol. The summed E-state index contributed by atoms with van der Waals surface area (Å²) in [5, 5.41) is 5.87. The Bertz CT molecular complexity index is 363. The van der Waals surface area contributed by atoms with Crippen molar-refractivity contribution < 1.29 is 4.79 Å². The second kappa shape index (κ2) is 6.09. The first-order valence-electron chi connectivity index (χ1n) is 4.69. The fourth-order valence-electron chi connectivity index (χ4n) is 1.04. The van der Waals surface area contributed by atoms with Crippen molar-refractivity contribution >= 4 is 23.7 Å². The van der Waals surface area contributed by atoms with Crippen LogP contribution in [-0.2, 0) is 0 Å². The Labute approximate surface area is 94.1 Å². The SMILES string of the molecule is CCNC(=O)N/C=C/c1cccc(Cl)c1. The van der Waals surface area contributed by atoms with Crippen LogP contribution in [0, 0.1) is 0 Å². The number of halogens is 1. The lowest BCUT2D eigenvalue weighted by atomic mass is 10.2. The van der Waals surface area contributed by atoms with Crippen molar-refractivity contribution in [1.29, 1.82) is 0 Å². The molecule has 0 saturated heterocycles. The number of hydrogen-bond donors (Lipinski definition) is 2. The molecule has 2 N–H and O–H groups in total. The first-order valence-corrected chi connectivity index (χ1v) is 5.06. The van der Waals surface area contributed by atoms with Crippen LogP contribution < -0.4 is 10.6 Å². The molecule has 0 saturated carbocycles. The van der Waals surface area contributed by atoms with Crippen LogP contribution in [-0.4, -0.2) is 12.6 Å². The molecule has 80 valence electrons. The molecule has 0 fully saturated rings. The molecule has 0 aliphatic carbocycles. The maximum Gasteiger partial charge on any atom is 0.318 e. The van der Waals surface area contributed by atoms with E-state index < -0.39 is 0 Å². The van der Waals surface area contributed by atoms with Gasteiger partial charge in [0.15, 0.2) is 0 Å². The standard InChI is InChI=1S/C11H13ClN2O/c1-2-13-11(15)14-7-6-9-4-3-5-10(12)8-9/h3-8H,2H2,1H3,(H2,13,14,15)/b7-6+. The molecule has 1 aromatic carbocycles. The van der Waals surface area contributed by atoms with Crippen LogP contribution in [0.1, 0.15) is 12.5 Å². The van der Waals surface area contributed by atoms with Gasteiger partial charge >= 0.3 is 6.03 Å². The molecule has 0 radical (unpaired) electrons. The van der Waals surface area contributed by atoms with Gasteiger partial charge in [0.05, 0.1) is 0 Å². The molecule has 1 aromatic rings. The number of carbonyl (C=O) groups is 1. The normalized spacial score (nSPS) is 10.3. The van der Waals surface area contributed by atoms with E-state index in [1.54, 1.807) is 18.3 Å². The molecular formula is C11H13ClN2O. The van der Waals surface area contributed by atoms with E-state index in [0.29, 0.717) is 11.6 Å². The van der Waals surface area contributed by atoms with E-state index in [-0.39, 0.29) is 6.03 Å². The summed E-state index contributed by atoms with van der Waals surface area (Å²) >= 11 is 5.80. The van der Waals surface area contributed by atoms with Crippen molar-refractivity contribution in [1.82, 2.24) is 10.6 Å². The van der Waals surface area contributed by atoms with Gasteiger partial charge in [0.2, 0.25) is 0 Å². The molecule has 15 heavy (non-hydrogen) atoms. The van der Waals surface area contributed by atoms with E-state index in [1.807, 2.05) is 25.1 Å². The van der Waals surface area contributed by atoms with Crippen LogP contribution in [0.4, 0.5) is 4.79 Å². The number of hydrogen-bond acceptors (Lipinski definition) is 1. The summed E-state index contributed by atoms with van der Waals surface area (Å²) in [6.45, 7) is 2.47. The Hall–Kier alpha value is -1.48. The molecule has 0 aliphatic heterocycles. The molecule has 0 spiro atoms. The zero-order chi connectivity index (χ0) is 11.1. The summed E-state index contributed by atoms with van der Waals surface area (Å²) in [5.74, 6) is 0. The third kappa shape index (κ3) is 4.51. The van der Waals surface area contributed by atoms with E-state index in [2.05, 4.69) is 10.6 Å². The third-order valence-corrected chi connectivity index (χ3v) is 1.91. The number of rotatable bonds is 3. The van der Waals surface area contributed by atoms with Gasteiger partial charge < -0.3 is 10.6 Å². The van der Waals surface area contributed by atoms with Crippen LogP contribution >= 0.6 is 11.6 Å². The Balaban J connectivity index is 2.48. The van der Waals surface area contributed by atoms with E-state index >= 15 is 0 Å². The summed E-state index contributed by atoms with van der Waals surface area (Å²) in [7, 11) is 0. The lowest BCUT2D eigenvalue weighted by Crippen LogP contribution is -2.31. The Morgan fingerprint density at radius 3 is 3.00 bits per heavy atom. The lowest BCUT2D eigenvalue weighted by molar-refractivity contribution is 0.244. The molecule has 4 heteroatoms. The second-order valence-corrected chi connectivity index (χ2v) is 3.33. The molecule has 0 unspecified atom stereocenters. The summed E-state index contributed by atoms with van der Waals surface area (Å²) in [4.78, 5) is 11.0. The number of amides is 2. The number of nitrogens with one attached hydrogen (secondary N) is 2. The van der Waals surface area contributed by atoms with Crippen LogP contribution in [0.25, 0.3) is 6.08 Å². The van der Waals surface area contributed by atoms with Crippen LogP contribution in [0.3, 0.4) is 0 Å². The fourth-order valence-corrected chi connectivity index (χ4v) is 1.23. The highest BCUT2D eigenvalue weighted by atomic mass is 35.5. The summed E-state index contributed by atoms with van der Waals surface area (Å²) in [6.07, 6.45) is 3.36. The molecule has 1 rings (SSSR count). The van der Waals surface area contributed by atoms with Crippen molar-refractivity contribution in [3.8, 4) is 0 Å². The van der Waals surface area contributed by atoms with Gasteiger partial charge in [-0.1, -0.05) is 23.7 Å². The van der Waals surface area contributed by atoms with Gasteiger partial charge in [-0.25, -0.2) is 4.79 Å². The maximum absolute atomic E-state index is 11.0. The zero-order valence-corrected chi connectivity index (χ0v) is 9.21. The average molecular weight is 225 g/mol. The Morgan fingerprint density at radius 1 is 1.53 bits per heavy atom. The Kier molecular flexibility index (Phi) is 4.71. The molecule has 0 bridgehead atoms. The number of benzene rings is 1. The largest absolute Gasteiger partial charge is 0.338 e. The minimum Gasteiger partial charge on any atom is -0.338 e. The van der Waals surface area contributed by atoms with Crippen molar-refractivity contribution in [2.24, 2.45) is 0 Å². The fraction of sp³-hybridized carbons (Fsp3) is 0.182. The molecule has 2 amide bonds. The van der Waals surface area contributed by atoms with Gasteiger partial charge in [-0.2, -0.15) is 0 Å². The van der Waals surface area contributed by atoms with Crippen LogP contribution in [0.2, 0.25) is 5.02 Å². The smallest absolute Gasteiger partial charge is 0.318 e. The van der Waals surface area contributed by atoms with Crippen molar-refractivity contribution in [2.75, 3.05) is 6.54 Å². The van der Waals surface area contributed by atoms with Gasteiger partial charge in [0.1, 0.15) is 0 Å². The molecule has 0 aromatic heterocycles. The monoisotopic (exact) mass is 224 g/mol. The topological polar surface area (TPSA) is 41.1 Å². The van der Waals surface area contributed by atoms with Gasteiger partial charge in [0.25, 0.3) is 0 Å². The maximum atomic E-state index is 11.0. The van der Waals surface area contributed by atoms with Gasteiger partial charge in [0, 0.05) is 17.8 Å². The molecule has 0 aliphatic rings. The minimum atomic E-state index is -0.212. The predicted octanol–water partition coefficient (Wildman–Crippen LogP) is 2.63. The summed E-state index contributed by atoms with van der Waals surface area (Å²) < 4.78 is 0. The summed E-state index contributed by atoms with van der Waals surface area (Å²) in [6, 6.07) is 7.17. The van der Waals surface area contributed by atoms with Crippen LogP contribution in [0.15, 0.2) is 30.5 Å². The first-order chi connectivity index (χ1) is 7.22. The third-order valence-electron chi connectivity index (χ3n) is 1.68. The molecule has 0 atom stereocenters. The average Bonchev–Trinajstić information content (AvgIpc) is 2.18. The molecule has 3 nitrogen and oxygen atoms in total. The van der Waals surface area contributed by atoms with Gasteiger partial charge in [-0.15, -0.1) is 0 Å². The predicted molar refractivity (Wildman–Crippen MR) is 62.7 cm³/mol. The number of urea groups is 1. The highest BCUT2D eigenvalue weighted by Gasteiger charge is 1.92. The van der Waals surface area contributed by atoms with Gasteiger partial charge in [-0.05, 0) is 30.7 Å². The minimum absolute atomic E-state index is 0.212. The van der Waals surface area contributed by atoms with E-state index in [4.69, 9.17) is 11.6 Å². The van der Waals surface area contributed by atoms with Gasteiger partial charge in [-0.3, -0.25) is 0 Å². The molecule has 0 heterocycles. The van der Waals surface area contributed by atoms with Crippen molar-refractivity contribution in [3.05, 3.63) is 41.1 Å². The first kappa shape index (κ1) is 11.6. The van der Waals surface area contributed by atoms with E-state index in [0.717, 1.165) is 5.56 Å². The van der Waals surface area contributed by atoms with Crippen molar-refractivity contribution in [2.45, 2.75) is 6.92 Å². The number of carbonyl (C=O) groups excluding carboxylic acids is 1. The zero-order valence-electron chi connectivity index (χ0n) is 8.46. The quantitative estimate of drug-likeness (QED) is 0.814. The van der Waals surface area contributed by atoms with E-state index in [1.165, 1.54) is 0 Å². The Morgan fingerprint density at radius 2 is 2.33 bits per heavy atom. The lowest BCUT2D eigenvalue weighted by Gasteiger charge is -1.99. The van der Waals surface area contributed by atoms with Crippen LogP contribution in [0.5, 0.6) is 0 Å². The highest BCUT2D eigenvalue weighted by molar-refractivity contribution is 6.30.